The molecule has 2 rings (SSSR count). The zero-order valence-corrected chi connectivity index (χ0v) is 12.4. The van der Waals surface area contributed by atoms with Crippen LogP contribution < -0.4 is 5.32 Å². The summed E-state index contributed by atoms with van der Waals surface area (Å²) in [7, 11) is 1.63. The third-order valence-corrected chi connectivity index (χ3v) is 4.90. The average molecular weight is 271 g/mol. The first-order chi connectivity index (χ1) is 9.23. The number of hydrogen-bond acceptors (Lipinski definition) is 4. The van der Waals surface area contributed by atoms with Crippen LogP contribution in [0, 0.1) is 5.41 Å². The first-order valence-electron chi connectivity index (χ1n) is 7.75. The van der Waals surface area contributed by atoms with Crippen molar-refractivity contribution < 1.29 is 14.6 Å². The Balaban J connectivity index is 1.86. The molecule has 4 nitrogen and oxygen atoms in total. The van der Waals surface area contributed by atoms with Crippen LogP contribution >= 0.6 is 0 Å². The molecule has 3 unspecified atom stereocenters. The summed E-state index contributed by atoms with van der Waals surface area (Å²) >= 11 is 0. The lowest BCUT2D eigenvalue weighted by Gasteiger charge is -2.58. The monoisotopic (exact) mass is 271 g/mol. The standard InChI is InChI=1S/C15H29NO3/c1-3-19-14-9-13(16-10-12(17)11-18-2)15(14)7-5-4-6-8-15/h12-14,16-17H,3-11H2,1-2H3. The largest absolute Gasteiger partial charge is 0.389 e. The van der Waals surface area contributed by atoms with E-state index in [1.165, 1.54) is 32.1 Å². The minimum Gasteiger partial charge on any atom is -0.389 e. The van der Waals surface area contributed by atoms with Gasteiger partial charge in [-0.15, -0.1) is 0 Å². The molecule has 0 bridgehead atoms. The van der Waals surface area contributed by atoms with Crippen LogP contribution in [0.4, 0.5) is 0 Å². The molecule has 2 N–H and O–H groups in total. The minimum absolute atomic E-state index is 0.334. The van der Waals surface area contributed by atoms with Gasteiger partial charge >= 0.3 is 0 Å². The van der Waals surface area contributed by atoms with Crippen molar-refractivity contribution in [2.45, 2.75) is 63.7 Å². The minimum atomic E-state index is -0.406. The molecule has 2 aliphatic rings. The molecular formula is C15H29NO3. The quantitative estimate of drug-likeness (QED) is 0.740. The highest BCUT2D eigenvalue weighted by atomic mass is 16.5. The summed E-state index contributed by atoms with van der Waals surface area (Å²) < 4.78 is 10.9. The fourth-order valence-electron chi connectivity index (χ4n) is 3.88. The van der Waals surface area contributed by atoms with E-state index in [-0.39, 0.29) is 0 Å². The van der Waals surface area contributed by atoms with Gasteiger partial charge in [0, 0.05) is 31.7 Å². The van der Waals surface area contributed by atoms with E-state index in [9.17, 15) is 5.11 Å². The maximum absolute atomic E-state index is 9.75. The smallest absolute Gasteiger partial charge is 0.0897 e. The molecule has 3 atom stereocenters. The molecule has 0 saturated heterocycles. The summed E-state index contributed by atoms with van der Waals surface area (Å²) in [4.78, 5) is 0. The molecule has 0 aliphatic heterocycles. The fraction of sp³-hybridized carbons (Fsp3) is 1.00. The topological polar surface area (TPSA) is 50.7 Å². The molecule has 112 valence electrons. The lowest BCUT2D eigenvalue weighted by atomic mass is 9.55. The fourth-order valence-corrected chi connectivity index (χ4v) is 3.88. The number of hydrogen-bond donors (Lipinski definition) is 2. The first-order valence-corrected chi connectivity index (χ1v) is 7.75. The molecule has 0 aromatic rings. The van der Waals surface area contributed by atoms with Crippen LogP contribution in [-0.4, -0.2) is 50.2 Å². The van der Waals surface area contributed by atoms with Gasteiger partial charge in [-0.05, 0) is 26.2 Å². The molecule has 0 radical (unpaired) electrons. The summed E-state index contributed by atoms with van der Waals surface area (Å²) in [6.07, 6.45) is 7.66. The third-order valence-electron chi connectivity index (χ3n) is 4.90. The molecule has 2 aliphatic carbocycles. The molecule has 1 spiro atoms. The van der Waals surface area contributed by atoms with Crippen LogP contribution in [0.5, 0.6) is 0 Å². The molecule has 0 amide bonds. The van der Waals surface area contributed by atoms with Crippen molar-refractivity contribution in [2.75, 3.05) is 26.9 Å². The molecule has 19 heavy (non-hydrogen) atoms. The molecule has 2 fully saturated rings. The van der Waals surface area contributed by atoms with Gasteiger partial charge in [0.05, 0.1) is 18.8 Å². The highest BCUT2D eigenvalue weighted by Crippen LogP contribution is 2.53. The molecule has 0 aromatic heterocycles. The zero-order valence-electron chi connectivity index (χ0n) is 12.4. The normalized spacial score (nSPS) is 31.1. The van der Waals surface area contributed by atoms with E-state index in [0.29, 0.717) is 30.7 Å². The Hall–Kier alpha value is -0.160. The number of nitrogens with one attached hydrogen (secondary N) is 1. The Kier molecular flexibility index (Phi) is 5.63. The number of rotatable bonds is 7. The number of methoxy groups -OCH3 is 1. The second-order valence-electron chi connectivity index (χ2n) is 6.04. The van der Waals surface area contributed by atoms with Crippen molar-refractivity contribution in [3.63, 3.8) is 0 Å². The van der Waals surface area contributed by atoms with Crippen molar-refractivity contribution >= 4 is 0 Å². The van der Waals surface area contributed by atoms with Gasteiger partial charge in [-0.3, -0.25) is 0 Å². The van der Waals surface area contributed by atoms with Gasteiger partial charge in [0.15, 0.2) is 0 Å². The highest BCUT2D eigenvalue weighted by Gasteiger charge is 2.55. The van der Waals surface area contributed by atoms with Gasteiger partial charge in [-0.1, -0.05) is 19.3 Å². The van der Waals surface area contributed by atoms with Gasteiger partial charge in [0.2, 0.25) is 0 Å². The van der Waals surface area contributed by atoms with E-state index in [1.54, 1.807) is 7.11 Å². The lowest BCUT2D eigenvalue weighted by Crippen LogP contribution is -2.65. The van der Waals surface area contributed by atoms with Gasteiger partial charge in [0.1, 0.15) is 0 Å². The Morgan fingerprint density at radius 3 is 2.68 bits per heavy atom. The van der Waals surface area contributed by atoms with Crippen LogP contribution in [0.3, 0.4) is 0 Å². The first kappa shape index (κ1) is 15.2. The molecular weight excluding hydrogens is 242 g/mol. The second kappa shape index (κ2) is 7.02. The zero-order chi connectivity index (χ0) is 13.7. The van der Waals surface area contributed by atoms with E-state index < -0.39 is 6.10 Å². The maximum Gasteiger partial charge on any atom is 0.0897 e. The number of aliphatic hydroxyl groups is 1. The summed E-state index contributed by atoms with van der Waals surface area (Å²) in [5.41, 5.74) is 0.334. The van der Waals surface area contributed by atoms with Crippen molar-refractivity contribution in [1.82, 2.24) is 5.32 Å². The van der Waals surface area contributed by atoms with Crippen LogP contribution in [-0.2, 0) is 9.47 Å². The van der Waals surface area contributed by atoms with Crippen molar-refractivity contribution in [3.05, 3.63) is 0 Å². The van der Waals surface area contributed by atoms with Crippen molar-refractivity contribution in [2.24, 2.45) is 5.41 Å². The number of ether oxygens (including phenoxy) is 2. The Morgan fingerprint density at radius 1 is 1.32 bits per heavy atom. The number of aliphatic hydroxyl groups excluding tert-OH is 1. The summed E-state index contributed by atoms with van der Waals surface area (Å²) in [5, 5.41) is 13.3. The third kappa shape index (κ3) is 3.30. The summed E-state index contributed by atoms with van der Waals surface area (Å²) in [6.45, 7) is 3.92. The van der Waals surface area contributed by atoms with Gasteiger partial charge in [-0.2, -0.15) is 0 Å². The van der Waals surface area contributed by atoms with Crippen molar-refractivity contribution in [1.29, 1.82) is 0 Å². The van der Waals surface area contributed by atoms with Crippen LogP contribution in [0.2, 0.25) is 0 Å². The van der Waals surface area contributed by atoms with Gasteiger partial charge in [-0.25, -0.2) is 0 Å². The molecule has 0 aromatic carbocycles. The predicted molar refractivity (Wildman–Crippen MR) is 75.2 cm³/mol. The maximum atomic E-state index is 9.75. The highest BCUT2D eigenvalue weighted by molar-refractivity contribution is 5.09. The average Bonchev–Trinajstić information content (AvgIpc) is 2.43. The SMILES string of the molecule is CCOC1CC(NCC(O)COC)C12CCCCC2. The molecule has 4 heteroatoms. The Morgan fingerprint density at radius 2 is 2.05 bits per heavy atom. The van der Waals surface area contributed by atoms with Gasteiger partial charge < -0.3 is 19.9 Å². The predicted octanol–water partition coefficient (Wildman–Crippen LogP) is 1.71. The second-order valence-corrected chi connectivity index (χ2v) is 6.04. The van der Waals surface area contributed by atoms with E-state index in [4.69, 9.17) is 9.47 Å². The Bertz CT molecular complexity index is 266. The van der Waals surface area contributed by atoms with E-state index in [1.807, 2.05) is 0 Å². The summed E-state index contributed by atoms with van der Waals surface area (Å²) in [5.74, 6) is 0. The van der Waals surface area contributed by atoms with Crippen LogP contribution in [0.15, 0.2) is 0 Å². The van der Waals surface area contributed by atoms with E-state index in [2.05, 4.69) is 12.2 Å². The van der Waals surface area contributed by atoms with Crippen LogP contribution in [0.1, 0.15) is 45.4 Å². The Labute approximate surface area is 116 Å². The van der Waals surface area contributed by atoms with Crippen LogP contribution in [0.25, 0.3) is 0 Å². The summed E-state index contributed by atoms with van der Waals surface area (Å²) in [6, 6.07) is 0.510. The van der Waals surface area contributed by atoms with E-state index in [0.717, 1.165) is 13.0 Å². The molecule has 2 saturated carbocycles. The van der Waals surface area contributed by atoms with E-state index >= 15 is 0 Å². The lowest BCUT2D eigenvalue weighted by molar-refractivity contribution is -0.151. The van der Waals surface area contributed by atoms with Gasteiger partial charge in [0.25, 0.3) is 0 Å². The van der Waals surface area contributed by atoms with Crippen molar-refractivity contribution in [3.8, 4) is 0 Å². The molecule has 0 heterocycles.